The Morgan fingerprint density at radius 3 is 1.55 bits per heavy atom. The van der Waals surface area contributed by atoms with Crippen molar-refractivity contribution in [3.05, 3.63) is 130 Å². The molecule has 0 aromatic heterocycles. The van der Waals surface area contributed by atoms with Crippen molar-refractivity contribution in [3.8, 4) is 22.3 Å². The minimum absolute atomic E-state index is 0.254. The van der Waals surface area contributed by atoms with E-state index in [0.29, 0.717) is 6.42 Å². The van der Waals surface area contributed by atoms with Gasteiger partial charge < -0.3 is 0 Å². The van der Waals surface area contributed by atoms with Crippen LogP contribution >= 0.6 is 8.51 Å². The van der Waals surface area contributed by atoms with E-state index in [1.807, 2.05) is 0 Å². The fourth-order valence-electron chi connectivity index (χ4n) is 8.53. The average molecular weight is 668 g/mol. The van der Waals surface area contributed by atoms with Crippen molar-refractivity contribution in [2.45, 2.75) is 51.2 Å². The van der Waals surface area contributed by atoms with Gasteiger partial charge in [-0.15, -0.1) is 0 Å². The molecule has 0 saturated heterocycles. The summed E-state index contributed by atoms with van der Waals surface area (Å²) < 4.78 is 1.51. The summed E-state index contributed by atoms with van der Waals surface area (Å²) in [5.74, 6) is -1.48. The Morgan fingerprint density at radius 2 is 1.14 bits per heavy atom. The molecule has 6 rings (SSSR count). The maximum atomic E-state index is 11.7. The maximum absolute atomic E-state index is 11.7. The van der Waals surface area contributed by atoms with Crippen LogP contribution in [0.2, 0.25) is 17.2 Å². The topological polar surface area (TPSA) is 17.1 Å². The zero-order chi connectivity index (χ0) is 29.5. The zero-order valence-electron chi connectivity index (χ0n) is 25.1. The standard InChI is InChI=1S/2C16H13.C4H7O.C2H7Si.ClH.Zr/c2*1-12-10-14-8-5-9-15(16(14)11-12)13-6-3-2-4-7-13;1-2-3-4-5;1-3-2;;/h2*2-11H,1H3;4H,1-3H2;3H,1-2H3;1H;/q;;;;;+1/p-1. The summed E-state index contributed by atoms with van der Waals surface area (Å²) in [4.78, 5) is 11.7. The molecule has 2 unspecified atom stereocenters. The Morgan fingerprint density at radius 1 is 0.690 bits per heavy atom. The molecule has 0 heterocycles. The van der Waals surface area contributed by atoms with E-state index in [-0.39, 0.29) is 7.25 Å². The zero-order valence-corrected chi connectivity index (χ0v) is 29.5. The Hall–Kier alpha value is -2.58. The Balaban J connectivity index is 1.60. The van der Waals surface area contributed by atoms with Crippen LogP contribution in [0, 0.1) is 0 Å². The summed E-state index contributed by atoms with van der Waals surface area (Å²) in [5, 5.41) is 0. The first-order valence-corrected chi connectivity index (χ1v) is 30.2. The fourth-order valence-corrected chi connectivity index (χ4v) is 49.8. The van der Waals surface area contributed by atoms with Crippen molar-refractivity contribution in [2.75, 3.05) is 0 Å². The van der Waals surface area contributed by atoms with Gasteiger partial charge in [0.25, 0.3) is 0 Å². The third kappa shape index (κ3) is 4.55. The molecule has 0 saturated carbocycles. The van der Waals surface area contributed by atoms with Gasteiger partial charge in [-0.1, -0.05) is 0 Å². The number of aldehydes is 1. The summed E-state index contributed by atoms with van der Waals surface area (Å²) in [6, 6.07) is 35.2. The molecule has 4 heteroatoms. The van der Waals surface area contributed by atoms with Crippen LogP contribution in [0.15, 0.2) is 108 Å². The SMILES string of the molecule is CC1=Cc2c(-c3ccccc3)cccc2[CH]1[Zr]([Cl])([CH2]CCC=O)([CH]1C(C)=Cc2c(-c3ccccc3)cccc21)[SiH](C)C. The van der Waals surface area contributed by atoms with E-state index in [0.717, 1.165) is 16.8 Å². The number of halogens is 1. The molecular formula is C38H40ClOSiZr. The normalized spacial score (nSPS) is 18.6. The van der Waals surface area contributed by atoms with Gasteiger partial charge in [-0.25, -0.2) is 0 Å². The summed E-state index contributed by atoms with van der Waals surface area (Å²) in [6.07, 6.45) is 7.44. The molecule has 0 amide bonds. The van der Waals surface area contributed by atoms with E-state index < -0.39 is 22.7 Å². The molecule has 0 spiro atoms. The van der Waals surface area contributed by atoms with Crippen molar-refractivity contribution < 1.29 is 21.5 Å². The molecule has 2 aliphatic carbocycles. The summed E-state index contributed by atoms with van der Waals surface area (Å²) in [5.41, 5.74) is 13.4. The van der Waals surface area contributed by atoms with E-state index in [1.54, 1.807) is 0 Å². The van der Waals surface area contributed by atoms with Crippen molar-refractivity contribution in [2.24, 2.45) is 0 Å². The van der Waals surface area contributed by atoms with Gasteiger partial charge >= 0.3 is 258 Å². The van der Waals surface area contributed by atoms with Crippen molar-refractivity contribution in [1.82, 2.24) is 0 Å². The Labute approximate surface area is 256 Å². The van der Waals surface area contributed by atoms with Crippen LogP contribution in [0.4, 0.5) is 0 Å². The monoisotopic (exact) mass is 665 g/mol. The molecule has 213 valence electrons. The molecule has 4 aromatic carbocycles. The summed E-state index contributed by atoms with van der Waals surface area (Å²) >= 11 is -4.43. The van der Waals surface area contributed by atoms with Gasteiger partial charge in [-0.05, 0) is 0 Å². The second-order valence-electron chi connectivity index (χ2n) is 12.8. The number of unbranched alkanes of at least 4 members (excludes halogenated alkanes) is 1. The van der Waals surface area contributed by atoms with Crippen LogP contribution in [0.5, 0.6) is 0 Å². The molecule has 0 aliphatic heterocycles. The first-order chi connectivity index (χ1) is 20.3. The fraction of sp³-hybridized carbons (Fsp3) is 0.237. The summed E-state index contributed by atoms with van der Waals surface area (Å²) in [6.45, 7) is 9.72. The first kappa shape index (κ1) is 29.5. The number of carbonyl (C=O) groups is 1. The minimum atomic E-state index is -4.43. The van der Waals surface area contributed by atoms with Crippen LogP contribution < -0.4 is 0 Å². The number of carbonyl (C=O) groups excluding carboxylic acids is 1. The van der Waals surface area contributed by atoms with Crippen molar-refractivity contribution in [3.63, 3.8) is 0 Å². The van der Waals surface area contributed by atoms with Crippen LogP contribution in [-0.4, -0.2) is 12.2 Å². The average Bonchev–Trinajstić information content (AvgIpc) is 3.54. The predicted molar refractivity (Wildman–Crippen MR) is 181 cm³/mol. The number of fused-ring (bicyclic) bond motifs is 2. The third-order valence-corrected chi connectivity index (χ3v) is 62.7. The van der Waals surface area contributed by atoms with Gasteiger partial charge in [-0.3, -0.25) is 0 Å². The van der Waals surface area contributed by atoms with Crippen LogP contribution in [0.25, 0.3) is 34.4 Å². The molecule has 0 N–H and O–H groups in total. The molecular weight excluding hydrogens is 627 g/mol. The van der Waals surface area contributed by atoms with Crippen molar-refractivity contribution in [1.29, 1.82) is 0 Å². The van der Waals surface area contributed by atoms with Crippen LogP contribution in [-0.2, 0) is 21.5 Å². The second kappa shape index (κ2) is 11.5. The molecule has 1 nitrogen and oxygen atoms in total. The Bertz CT molecular complexity index is 1600. The van der Waals surface area contributed by atoms with Crippen LogP contribution in [0.1, 0.15) is 56.2 Å². The van der Waals surface area contributed by atoms with Gasteiger partial charge in [0, 0.05) is 0 Å². The number of benzene rings is 4. The van der Waals surface area contributed by atoms with Gasteiger partial charge in [-0.2, -0.15) is 0 Å². The quantitative estimate of drug-likeness (QED) is 0.0987. The van der Waals surface area contributed by atoms with Gasteiger partial charge in [0.15, 0.2) is 0 Å². The number of allylic oxidation sites excluding steroid dienone is 2. The van der Waals surface area contributed by atoms with Gasteiger partial charge in [0.2, 0.25) is 0 Å². The van der Waals surface area contributed by atoms with Crippen LogP contribution in [0.3, 0.4) is 0 Å². The second-order valence-corrected chi connectivity index (χ2v) is 51.1. The number of hydrogen-bond donors (Lipinski definition) is 0. The van der Waals surface area contributed by atoms with Crippen molar-refractivity contribution >= 4 is 32.9 Å². The van der Waals surface area contributed by atoms with E-state index in [4.69, 9.17) is 8.51 Å². The molecule has 0 fully saturated rings. The van der Waals surface area contributed by atoms with E-state index in [1.165, 1.54) is 55.7 Å². The molecule has 42 heavy (non-hydrogen) atoms. The Kier molecular flexibility index (Phi) is 8.07. The van der Waals surface area contributed by atoms with Gasteiger partial charge in [0.05, 0.1) is 0 Å². The summed E-state index contributed by atoms with van der Waals surface area (Å²) in [7, 11) is 8.90. The predicted octanol–water partition coefficient (Wildman–Crippen LogP) is 10.9. The van der Waals surface area contributed by atoms with Gasteiger partial charge in [0.1, 0.15) is 0 Å². The van der Waals surface area contributed by atoms with E-state index in [2.05, 4.69) is 136 Å². The molecule has 0 bridgehead atoms. The number of rotatable bonds is 9. The molecule has 0 radical (unpaired) electrons. The molecule has 2 atom stereocenters. The van der Waals surface area contributed by atoms with E-state index in [9.17, 15) is 4.79 Å². The molecule has 2 aliphatic rings. The third-order valence-electron chi connectivity index (χ3n) is 10.3. The first-order valence-electron chi connectivity index (χ1n) is 15.3. The number of hydrogen-bond acceptors (Lipinski definition) is 1. The van der Waals surface area contributed by atoms with E-state index >= 15 is 0 Å². The molecule has 4 aromatic rings.